The largest absolute Gasteiger partial charge is 0.497 e. The Bertz CT molecular complexity index is 1420. The molecule has 5 nitrogen and oxygen atoms in total. The van der Waals surface area contributed by atoms with Crippen LogP contribution in [0, 0.1) is 0 Å². The monoisotopic (exact) mass is 439 g/mol. The summed E-state index contributed by atoms with van der Waals surface area (Å²) >= 11 is 1.72. The van der Waals surface area contributed by atoms with Crippen molar-refractivity contribution in [2.75, 3.05) is 7.11 Å². The molecule has 0 unspecified atom stereocenters. The Morgan fingerprint density at radius 1 is 0.969 bits per heavy atom. The van der Waals surface area contributed by atoms with Gasteiger partial charge in [-0.25, -0.2) is 9.50 Å². The summed E-state index contributed by atoms with van der Waals surface area (Å²) in [5.41, 5.74) is 4.05. The number of rotatable bonds is 6. The van der Waals surface area contributed by atoms with Gasteiger partial charge in [-0.1, -0.05) is 54.2 Å². The maximum Gasteiger partial charge on any atom is 0.276 e. The van der Waals surface area contributed by atoms with E-state index in [1.165, 1.54) is 9.41 Å². The molecular weight excluding hydrogens is 418 g/mol. The summed E-state index contributed by atoms with van der Waals surface area (Å²) in [4.78, 5) is 20.0. The Morgan fingerprint density at radius 3 is 2.53 bits per heavy atom. The molecule has 6 heteroatoms. The zero-order chi connectivity index (χ0) is 21.9. The first-order valence-corrected chi connectivity index (χ1v) is 11.1. The average Bonchev–Trinajstić information content (AvgIpc) is 3.27. The summed E-state index contributed by atoms with van der Waals surface area (Å²) in [5.74, 6) is 0.771. The van der Waals surface area contributed by atoms with Crippen molar-refractivity contribution in [2.24, 2.45) is 0 Å². The molecule has 5 rings (SSSR count). The van der Waals surface area contributed by atoms with Gasteiger partial charge in [0.25, 0.3) is 5.56 Å². The Hall–Kier alpha value is -3.77. The van der Waals surface area contributed by atoms with Crippen LogP contribution >= 0.6 is 11.8 Å². The fourth-order valence-corrected chi connectivity index (χ4v) is 4.50. The second-order valence-corrected chi connectivity index (χ2v) is 8.55. The lowest BCUT2D eigenvalue weighted by Crippen LogP contribution is -2.19. The number of aromatic amines is 1. The van der Waals surface area contributed by atoms with Gasteiger partial charge in [0.1, 0.15) is 5.75 Å². The molecule has 0 radical (unpaired) electrons. The Kier molecular flexibility index (Phi) is 5.52. The number of H-pyrrole nitrogens is 1. The number of nitrogens with zero attached hydrogens (tertiary/aromatic N) is 2. The van der Waals surface area contributed by atoms with E-state index in [0.29, 0.717) is 17.6 Å². The van der Waals surface area contributed by atoms with Gasteiger partial charge in [-0.2, -0.15) is 0 Å². The second-order valence-electron chi connectivity index (χ2n) is 7.40. The first-order chi connectivity index (χ1) is 15.7. The number of benzene rings is 3. The van der Waals surface area contributed by atoms with Gasteiger partial charge in [0.05, 0.1) is 7.11 Å². The van der Waals surface area contributed by atoms with Crippen LogP contribution in [0.5, 0.6) is 5.75 Å². The highest BCUT2D eigenvalue weighted by atomic mass is 32.2. The average molecular weight is 440 g/mol. The molecular formula is C26H21N3O2S. The zero-order valence-corrected chi connectivity index (χ0v) is 18.3. The Morgan fingerprint density at radius 2 is 1.75 bits per heavy atom. The van der Waals surface area contributed by atoms with Crippen LogP contribution in [-0.4, -0.2) is 21.7 Å². The van der Waals surface area contributed by atoms with Crippen molar-refractivity contribution in [3.05, 3.63) is 113 Å². The molecule has 32 heavy (non-hydrogen) atoms. The van der Waals surface area contributed by atoms with Gasteiger partial charge in [0, 0.05) is 39.7 Å². The quantitative estimate of drug-likeness (QED) is 0.383. The van der Waals surface area contributed by atoms with Gasteiger partial charge in [-0.3, -0.25) is 9.89 Å². The minimum atomic E-state index is -0.0969. The van der Waals surface area contributed by atoms with Crippen molar-refractivity contribution in [3.63, 3.8) is 0 Å². The molecule has 158 valence electrons. The number of hydrogen-bond acceptors (Lipinski definition) is 4. The van der Waals surface area contributed by atoms with E-state index in [1.807, 2.05) is 48.7 Å². The highest BCUT2D eigenvalue weighted by Crippen LogP contribution is 2.30. The molecule has 5 aromatic rings. The van der Waals surface area contributed by atoms with Gasteiger partial charge < -0.3 is 4.74 Å². The number of methoxy groups -OCH3 is 1. The van der Waals surface area contributed by atoms with E-state index in [-0.39, 0.29) is 5.56 Å². The Labute approximate surface area is 189 Å². The molecule has 3 aromatic carbocycles. The van der Waals surface area contributed by atoms with Crippen LogP contribution in [0.4, 0.5) is 0 Å². The SMILES string of the molecule is COc1cccc(Cc2cnc3c(-c4ccc(Sc5ccccc5)cc4)c[nH]n3c2=O)c1. The van der Waals surface area contributed by atoms with Gasteiger partial charge in [-0.05, 0) is 47.5 Å². The Balaban J connectivity index is 1.42. The molecule has 0 saturated heterocycles. The molecule has 0 saturated carbocycles. The fraction of sp³-hybridized carbons (Fsp3) is 0.0769. The van der Waals surface area contributed by atoms with Crippen LogP contribution in [0.3, 0.4) is 0 Å². The normalized spacial score (nSPS) is 11.0. The van der Waals surface area contributed by atoms with Crippen LogP contribution in [0.1, 0.15) is 11.1 Å². The van der Waals surface area contributed by atoms with Crippen molar-refractivity contribution in [2.45, 2.75) is 16.2 Å². The van der Waals surface area contributed by atoms with Crippen molar-refractivity contribution in [1.82, 2.24) is 14.6 Å². The molecule has 1 N–H and O–H groups in total. The van der Waals surface area contributed by atoms with Gasteiger partial charge >= 0.3 is 0 Å². The van der Waals surface area contributed by atoms with E-state index >= 15 is 0 Å². The van der Waals surface area contributed by atoms with Gasteiger partial charge in [-0.15, -0.1) is 0 Å². The fourth-order valence-electron chi connectivity index (χ4n) is 3.66. The number of ether oxygens (including phenoxy) is 1. The number of hydrogen-bond donors (Lipinski definition) is 1. The summed E-state index contributed by atoms with van der Waals surface area (Å²) in [6.45, 7) is 0. The van der Waals surface area contributed by atoms with E-state index in [2.05, 4.69) is 46.5 Å². The van der Waals surface area contributed by atoms with E-state index in [0.717, 1.165) is 27.3 Å². The number of nitrogens with one attached hydrogen (secondary N) is 1. The molecule has 0 atom stereocenters. The maximum atomic E-state index is 13.0. The van der Waals surface area contributed by atoms with Crippen LogP contribution in [-0.2, 0) is 6.42 Å². The maximum absolute atomic E-state index is 13.0. The lowest BCUT2D eigenvalue weighted by molar-refractivity contribution is 0.414. The van der Waals surface area contributed by atoms with Crippen molar-refractivity contribution in [3.8, 4) is 16.9 Å². The predicted molar refractivity (Wildman–Crippen MR) is 128 cm³/mol. The van der Waals surface area contributed by atoms with E-state index in [4.69, 9.17) is 4.74 Å². The van der Waals surface area contributed by atoms with E-state index < -0.39 is 0 Å². The molecule has 0 spiro atoms. The smallest absolute Gasteiger partial charge is 0.276 e. The van der Waals surface area contributed by atoms with E-state index in [9.17, 15) is 4.79 Å². The first-order valence-electron chi connectivity index (χ1n) is 10.3. The predicted octanol–water partition coefficient (Wildman–Crippen LogP) is 5.44. The van der Waals surface area contributed by atoms with Crippen molar-refractivity contribution >= 4 is 17.4 Å². The first kappa shape index (κ1) is 20.2. The summed E-state index contributed by atoms with van der Waals surface area (Å²) < 4.78 is 6.79. The van der Waals surface area contributed by atoms with Crippen molar-refractivity contribution in [1.29, 1.82) is 0 Å². The van der Waals surface area contributed by atoms with Crippen LogP contribution < -0.4 is 10.3 Å². The molecule has 0 aliphatic rings. The summed E-state index contributed by atoms with van der Waals surface area (Å²) in [6.07, 6.45) is 4.00. The van der Waals surface area contributed by atoms with Gasteiger partial charge in [0.2, 0.25) is 0 Å². The molecule has 0 amide bonds. The third kappa shape index (κ3) is 4.05. The minimum Gasteiger partial charge on any atom is -0.497 e. The molecule has 2 aromatic heterocycles. The van der Waals surface area contributed by atoms with Crippen LogP contribution in [0.2, 0.25) is 0 Å². The molecule has 2 heterocycles. The highest BCUT2D eigenvalue weighted by Gasteiger charge is 2.13. The third-order valence-corrected chi connectivity index (χ3v) is 6.30. The van der Waals surface area contributed by atoms with Crippen molar-refractivity contribution < 1.29 is 4.74 Å². The molecule has 0 fully saturated rings. The highest BCUT2D eigenvalue weighted by molar-refractivity contribution is 7.99. The minimum absolute atomic E-state index is 0.0969. The lowest BCUT2D eigenvalue weighted by atomic mass is 10.1. The van der Waals surface area contributed by atoms with Crippen LogP contribution in [0.15, 0.2) is 106 Å². The summed E-state index contributed by atoms with van der Waals surface area (Å²) in [5, 5.41) is 3.07. The third-order valence-electron chi connectivity index (χ3n) is 5.28. The topological polar surface area (TPSA) is 59.4 Å². The van der Waals surface area contributed by atoms with Gasteiger partial charge in [0.15, 0.2) is 5.65 Å². The lowest BCUT2D eigenvalue weighted by Gasteiger charge is -2.06. The molecule has 0 aliphatic carbocycles. The number of fused-ring (bicyclic) bond motifs is 1. The zero-order valence-electron chi connectivity index (χ0n) is 17.5. The molecule has 0 aliphatic heterocycles. The summed E-state index contributed by atoms with van der Waals surface area (Å²) in [7, 11) is 1.63. The standard InChI is InChI=1S/C26H21N3O2S/c1-31-21-7-5-6-18(15-21)14-20-16-27-25-24(17-28-29(25)26(20)30)19-10-12-23(13-11-19)32-22-8-3-2-4-9-22/h2-13,15-17,28H,14H2,1H3. The molecule has 0 bridgehead atoms. The number of aromatic nitrogens is 3. The second kappa shape index (κ2) is 8.77. The van der Waals surface area contributed by atoms with Crippen LogP contribution in [0.25, 0.3) is 16.8 Å². The van der Waals surface area contributed by atoms with E-state index in [1.54, 1.807) is 25.1 Å². The summed E-state index contributed by atoms with van der Waals surface area (Å²) in [6, 6.07) is 26.3.